The van der Waals surface area contributed by atoms with Crippen molar-refractivity contribution in [3.05, 3.63) is 35.9 Å². The molecular weight excluding hydrogens is 321 g/mol. The predicted octanol–water partition coefficient (Wildman–Crippen LogP) is 3.01. The number of carbonyl (C=O) groups excluding carboxylic acids is 2. The summed E-state index contributed by atoms with van der Waals surface area (Å²) in [5, 5.41) is 0. The van der Waals surface area contributed by atoms with Gasteiger partial charge in [0.25, 0.3) is 0 Å². The summed E-state index contributed by atoms with van der Waals surface area (Å²) in [6, 6.07) is 8.63. The van der Waals surface area contributed by atoms with Gasteiger partial charge in [0.05, 0.1) is 6.04 Å². The molecule has 1 fully saturated rings. The van der Waals surface area contributed by atoms with E-state index in [2.05, 4.69) is 0 Å². The van der Waals surface area contributed by atoms with Gasteiger partial charge in [-0.1, -0.05) is 30.3 Å². The molecule has 7 heteroatoms. The zero-order valence-electron chi connectivity index (χ0n) is 13.9. The Bertz CT molecular complexity index is 604. The minimum Gasteiger partial charge on any atom is -0.336 e. The van der Waals surface area contributed by atoms with E-state index in [9.17, 15) is 22.8 Å². The standard InChI is InChI=1S/C17H21F3N2O2/c1-11(21(3)16(24)17(18,19)20)14-9-15(23)22(10-14)12(2)13-7-5-4-6-8-13/h4-8,11-12,14H,9-10H2,1-3H3/t11-,12-,14-/m1/s1. The fourth-order valence-corrected chi connectivity index (χ4v) is 3.07. The van der Waals surface area contributed by atoms with Gasteiger partial charge in [0.15, 0.2) is 0 Å². The van der Waals surface area contributed by atoms with Crippen LogP contribution in [0.25, 0.3) is 0 Å². The Morgan fingerprint density at radius 3 is 2.38 bits per heavy atom. The number of carbonyl (C=O) groups is 2. The van der Waals surface area contributed by atoms with E-state index in [0.29, 0.717) is 11.4 Å². The maximum absolute atomic E-state index is 12.6. The van der Waals surface area contributed by atoms with Crippen molar-refractivity contribution in [2.24, 2.45) is 5.92 Å². The highest BCUT2D eigenvalue weighted by molar-refractivity contribution is 5.82. The van der Waals surface area contributed by atoms with E-state index in [-0.39, 0.29) is 24.3 Å². The molecule has 0 aromatic heterocycles. The monoisotopic (exact) mass is 342 g/mol. The summed E-state index contributed by atoms with van der Waals surface area (Å²) in [4.78, 5) is 26.0. The van der Waals surface area contributed by atoms with Crippen LogP contribution in [-0.4, -0.2) is 47.4 Å². The maximum atomic E-state index is 12.6. The van der Waals surface area contributed by atoms with Crippen molar-refractivity contribution < 1.29 is 22.8 Å². The third-order valence-corrected chi connectivity index (χ3v) is 4.79. The highest BCUT2D eigenvalue weighted by Crippen LogP contribution is 2.32. The fraction of sp³-hybridized carbons (Fsp3) is 0.529. The van der Waals surface area contributed by atoms with Gasteiger partial charge in [-0.15, -0.1) is 0 Å². The average molecular weight is 342 g/mol. The number of alkyl halides is 3. The molecule has 0 spiro atoms. The molecule has 0 saturated carbocycles. The molecular formula is C17H21F3N2O2. The van der Waals surface area contributed by atoms with Crippen LogP contribution >= 0.6 is 0 Å². The summed E-state index contributed by atoms with van der Waals surface area (Å²) in [5.74, 6) is -2.30. The second kappa shape index (κ2) is 6.83. The maximum Gasteiger partial charge on any atom is 0.471 e. The van der Waals surface area contributed by atoms with Gasteiger partial charge < -0.3 is 9.80 Å². The molecule has 0 unspecified atom stereocenters. The Kier molecular flexibility index (Phi) is 5.20. The lowest BCUT2D eigenvalue weighted by atomic mass is 9.99. The summed E-state index contributed by atoms with van der Waals surface area (Å²) >= 11 is 0. The van der Waals surface area contributed by atoms with E-state index in [1.165, 1.54) is 0 Å². The van der Waals surface area contributed by atoms with Crippen LogP contribution in [0.1, 0.15) is 31.9 Å². The van der Waals surface area contributed by atoms with Gasteiger partial charge >= 0.3 is 12.1 Å². The molecule has 24 heavy (non-hydrogen) atoms. The Balaban J connectivity index is 2.07. The largest absolute Gasteiger partial charge is 0.471 e. The van der Waals surface area contributed by atoms with Crippen LogP contribution in [0.15, 0.2) is 30.3 Å². The molecule has 132 valence electrons. The van der Waals surface area contributed by atoms with Gasteiger partial charge in [-0.25, -0.2) is 0 Å². The van der Waals surface area contributed by atoms with Crippen molar-refractivity contribution in [1.29, 1.82) is 0 Å². The number of rotatable bonds is 4. The molecule has 1 aromatic carbocycles. The number of nitrogens with zero attached hydrogens (tertiary/aromatic N) is 2. The smallest absolute Gasteiger partial charge is 0.336 e. The molecule has 1 aliphatic rings. The second-order valence-electron chi connectivity index (χ2n) is 6.25. The predicted molar refractivity (Wildman–Crippen MR) is 83.0 cm³/mol. The highest BCUT2D eigenvalue weighted by atomic mass is 19.4. The lowest BCUT2D eigenvalue weighted by Gasteiger charge is -2.31. The van der Waals surface area contributed by atoms with Crippen LogP contribution in [-0.2, 0) is 9.59 Å². The average Bonchev–Trinajstić information content (AvgIpc) is 2.93. The van der Waals surface area contributed by atoms with E-state index in [0.717, 1.165) is 12.6 Å². The van der Waals surface area contributed by atoms with Crippen LogP contribution in [0, 0.1) is 5.92 Å². The van der Waals surface area contributed by atoms with E-state index in [1.807, 2.05) is 37.3 Å². The van der Waals surface area contributed by atoms with Gasteiger partial charge in [0.2, 0.25) is 5.91 Å². The first-order valence-corrected chi connectivity index (χ1v) is 7.81. The fourth-order valence-electron chi connectivity index (χ4n) is 3.07. The summed E-state index contributed by atoms with van der Waals surface area (Å²) in [5.41, 5.74) is 0.971. The minimum absolute atomic E-state index is 0.101. The topological polar surface area (TPSA) is 40.6 Å². The highest BCUT2D eigenvalue weighted by Gasteiger charge is 2.45. The van der Waals surface area contributed by atoms with E-state index >= 15 is 0 Å². The normalized spacial score (nSPS) is 20.8. The molecule has 2 rings (SSSR count). The van der Waals surface area contributed by atoms with Crippen molar-refractivity contribution in [3.8, 4) is 0 Å². The lowest BCUT2D eigenvalue weighted by molar-refractivity contribution is -0.186. The third-order valence-electron chi connectivity index (χ3n) is 4.79. The molecule has 2 amide bonds. The second-order valence-corrected chi connectivity index (χ2v) is 6.25. The summed E-state index contributed by atoms with van der Waals surface area (Å²) in [6.07, 6.45) is -4.75. The minimum atomic E-state index is -4.90. The van der Waals surface area contributed by atoms with Crippen LogP contribution in [0.4, 0.5) is 13.2 Å². The summed E-state index contributed by atoms with van der Waals surface area (Å²) in [7, 11) is 1.13. The van der Waals surface area contributed by atoms with Crippen LogP contribution in [0.5, 0.6) is 0 Å². The number of amides is 2. The van der Waals surface area contributed by atoms with Crippen LogP contribution < -0.4 is 0 Å². The van der Waals surface area contributed by atoms with E-state index in [4.69, 9.17) is 0 Å². The Labute approximate surface area is 139 Å². The first-order valence-electron chi connectivity index (χ1n) is 7.81. The van der Waals surface area contributed by atoms with Crippen molar-refractivity contribution in [1.82, 2.24) is 9.80 Å². The molecule has 1 saturated heterocycles. The molecule has 3 atom stereocenters. The molecule has 0 aliphatic carbocycles. The quantitative estimate of drug-likeness (QED) is 0.844. The Morgan fingerprint density at radius 2 is 1.83 bits per heavy atom. The molecule has 0 bridgehead atoms. The molecule has 4 nitrogen and oxygen atoms in total. The SMILES string of the molecule is C[C@H]([C@@H]1CC(=O)N([C@H](C)c2ccccc2)C1)N(C)C(=O)C(F)(F)F. The molecule has 1 aromatic rings. The molecule has 1 aliphatic heterocycles. The zero-order valence-corrected chi connectivity index (χ0v) is 13.9. The number of benzene rings is 1. The van der Waals surface area contributed by atoms with E-state index in [1.54, 1.807) is 11.8 Å². The first kappa shape index (κ1) is 18.3. The third kappa shape index (κ3) is 3.71. The van der Waals surface area contributed by atoms with E-state index < -0.39 is 18.1 Å². The van der Waals surface area contributed by atoms with Crippen molar-refractivity contribution >= 4 is 11.8 Å². The van der Waals surface area contributed by atoms with Gasteiger partial charge in [-0.2, -0.15) is 13.2 Å². The molecule has 1 heterocycles. The van der Waals surface area contributed by atoms with Crippen molar-refractivity contribution in [2.75, 3.05) is 13.6 Å². The summed E-state index contributed by atoms with van der Waals surface area (Å²) in [6.45, 7) is 3.79. The van der Waals surface area contributed by atoms with Gasteiger partial charge in [0, 0.05) is 32.0 Å². The lowest BCUT2D eigenvalue weighted by Crippen LogP contribution is -2.46. The van der Waals surface area contributed by atoms with Gasteiger partial charge in [-0.3, -0.25) is 9.59 Å². The van der Waals surface area contributed by atoms with Gasteiger partial charge in [0.1, 0.15) is 0 Å². The number of halogens is 3. The van der Waals surface area contributed by atoms with Crippen LogP contribution in [0.3, 0.4) is 0 Å². The number of hydrogen-bond donors (Lipinski definition) is 0. The number of hydrogen-bond acceptors (Lipinski definition) is 2. The molecule has 0 radical (unpaired) electrons. The Hall–Kier alpha value is -2.05. The van der Waals surface area contributed by atoms with Crippen molar-refractivity contribution in [3.63, 3.8) is 0 Å². The molecule has 0 N–H and O–H groups in total. The number of likely N-dealkylation sites (tertiary alicyclic amines) is 1. The Morgan fingerprint density at radius 1 is 1.25 bits per heavy atom. The summed E-state index contributed by atoms with van der Waals surface area (Å²) < 4.78 is 37.7. The zero-order chi connectivity index (χ0) is 18.1. The van der Waals surface area contributed by atoms with Crippen LogP contribution in [0.2, 0.25) is 0 Å². The van der Waals surface area contributed by atoms with Gasteiger partial charge in [-0.05, 0) is 19.4 Å². The van der Waals surface area contributed by atoms with Crippen molar-refractivity contribution in [2.45, 2.75) is 38.5 Å². The first-order chi connectivity index (χ1) is 11.1.